The molecule has 0 spiro atoms. The Morgan fingerprint density at radius 2 is 2.07 bits per heavy atom. The first-order chi connectivity index (χ1) is 7.27. The summed E-state index contributed by atoms with van der Waals surface area (Å²) in [6.45, 7) is 2.31. The molecule has 1 unspecified atom stereocenters. The van der Waals surface area contributed by atoms with Gasteiger partial charge in [-0.3, -0.25) is 0 Å². The first-order valence-corrected chi connectivity index (χ1v) is 4.72. The molecule has 0 saturated carbocycles. The molecule has 1 N–H and O–H groups in total. The van der Waals surface area contributed by atoms with E-state index in [0.29, 0.717) is 6.61 Å². The molecule has 0 heterocycles. The van der Waals surface area contributed by atoms with Crippen molar-refractivity contribution >= 4 is 0 Å². The van der Waals surface area contributed by atoms with Crippen LogP contribution in [0, 0.1) is 12.3 Å². The van der Waals surface area contributed by atoms with E-state index in [1.807, 2.05) is 31.2 Å². The maximum Gasteiger partial charge on any atom is 0.148 e. The number of benzene rings is 1. The summed E-state index contributed by atoms with van der Waals surface area (Å²) in [4.78, 5) is 4.85. The van der Waals surface area contributed by atoms with Crippen LogP contribution in [0.4, 0.5) is 0 Å². The predicted octanol–water partition coefficient (Wildman–Crippen LogP) is 1.91. The van der Waals surface area contributed by atoms with Crippen molar-refractivity contribution in [2.24, 2.45) is 0 Å². The minimum atomic E-state index is 0.150. The van der Waals surface area contributed by atoms with Gasteiger partial charge in [-0.2, -0.15) is 5.48 Å². The van der Waals surface area contributed by atoms with Gasteiger partial charge in [-0.25, -0.2) is 0 Å². The summed E-state index contributed by atoms with van der Waals surface area (Å²) in [7, 11) is 1.60. The Morgan fingerprint density at radius 3 is 2.60 bits per heavy atom. The number of terminal acetylenes is 1. The zero-order chi connectivity index (χ0) is 11.1. The maximum absolute atomic E-state index is 5.26. The Morgan fingerprint density at radius 1 is 1.40 bits per heavy atom. The van der Waals surface area contributed by atoms with Crippen LogP contribution in [0.15, 0.2) is 24.3 Å². The van der Waals surface area contributed by atoms with Crippen molar-refractivity contribution in [3.8, 4) is 18.1 Å². The van der Waals surface area contributed by atoms with Crippen LogP contribution in [0.3, 0.4) is 0 Å². The van der Waals surface area contributed by atoms with Gasteiger partial charge >= 0.3 is 0 Å². The molecule has 0 amide bonds. The fourth-order valence-electron chi connectivity index (χ4n) is 1.22. The molecule has 15 heavy (non-hydrogen) atoms. The molecular formula is C12H15NO2. The van der Waals surface area contributed by atoms with Crippen molar-refractivity contribution < 1.29 is 9.57 Å². The monoisotopic (exact) mass is 205 g/mol. The smallest absolute Gasteiger partial charge is 0.148 e. The molecule has 0 aromatic heterocycles. The summed E-state index contributed by atoms with van der Waals surface area (Å²) in [6, 6.07) is 7.88. The van der Waals surface area contributed by atoms with E-state index < -0.39 is 0 Å². The summed E-state index contributed by atoms with van der Waals surface area (Å²) < 4.78 is 5.26. The van der Waals surface area contributed by atoms with Crippen LogP contribution in [0.25, 0.3) is 0 Å². The molecule has 0 aliphatic carbocycles. The molecule has 1 aromatic rings. The van der Waals surface area contributed by atoms with Crippen molar-refractivity contribution in [3.63, 3.8) is 0 Å². The Bertz CT molecular complexity index is 326. The van der Waals surface area contributed by atoms with Gasteiger partial charge in [-0.1, -0.05) is 18.1 Å². The Balaban J connectivity index is 2.60. The van der Waals surface area contributed by atoms with Gasteiger partial charge in [0, 0.05) is 0 Å². The van der Waals surface area contributed by atoms with Crippen LogP contribution in [0.1, 0.15) is 18.5 Å². The highest BCUT2D eigenvalue weighted by atomic mass is 16.6. The fraction of sp³-hybridized carbons (Fsp3) is 0.333. The quantitative estimate of drug-likeness (QED) is 0.588. The first kappa shape index (κ1) is 11.6. The molecule has 80 valence electrons. The number of hydrogen-bond donors (Lipinski definition) is 1. The van der Waals surface area contributed by atoms with Gasteiger partial charge in [-0.15, -0.1) is 6.42 Å². The minimum Gasteiger partial charge on any atom is -0.481 e. The molecule has 1 aromatic carbocycles. The molecular weight excluding hydrogens is 190 g/mol. The number of nitrogens with one attached hydrogen (secondary N) is 1. The highest BCUT2D eigenvalue weighted by Gasteiger charge is 2.03. The second-order valence-corrected chi connectivity index (χ2v) is 3.11. The molecule has 3 nitrogen and oxygen atoms in total. The normalized spacial score (nSPS) is 11.8. The van der Waals surface area contributed by atoms with E-state index in [4.69, 9.17) is 16.0 Å². The Kier molecular flexibility index (Phi) is 4.69. The van der Waals surface area contributed by atoms with E-state index in [1.54, 1.807) is 7.11 Å². The van der Waals surface area contributed by atoms with E-state index in [0.717, 1.165) is 11.3 Å². The number of ether oxygens (including phenoxy) is 1. The Labute approximate surface area is 90.4 Å². The molecule has 1 rings (SSSR count). The van der Waals surface area contributed by atoms with Gasteiger partial charge < -0.3 is 9.57 Å². The third kappa shape index (κ3) is 3.62. The minimum absolute atomic E-state index is 0.150. The highest BCUT2D eigenvalue weighted by Crippen LogP contribution is 2.17. The number of rotatable bonds is 5. The summed E-state index contributed by atoms with van der Waals surface area (Å²) in [5, 5.41) is 0. The Hall–Kier alpha value is -1.50. The van der Waals surface area contributed by atoms with Crippen LogP contribution in [0.5, 0.6) is 5.75 Å². The second kappa shape index (κ2) is 6.07. The van der Waals surface area contributed by atoms with Crippen LogP contribution < -0.4 is 10.2 Å². The van der Waals surface area contributed by atoms with Crippen molar-refractivity contribution in [1.29, 1.82) is 0 Å². The predicted molar refractivity (Wildman–Crippen MR) is 59.3 cm³/mol. The first-order valence-electron chi connectivity index (χ1n) is 4.72. The van der Waals surface area contributed by atoms with Crippen molar-refractivity contribution in [3.05, 3.63) is 29.8 Å². The third-order valence-corrected chi connectivity index (χ3v) is 2.00. The van der Waals surface area contributed by atoms with Gasteiger partial charge in [0.15, 0.2) is 0 Å². The second-order valence-electron chi connectivity index (χ2n) is 3.11. The summed E-state index contributed by atoms with van der Waals surface area (Å²) >= 11 is 0. The van der Waals surface area contributed by atoms with Gasteiger partial charge in [0.2, 0.25) is 0 Å². The van der Waals surface area contributed by atoms with Crippen LogP contribution in [-0.2, 0) is 4.84 Å². The van der Waals surface area contributed by atoms with E-state index in [-0.39, 0.29) is 6.04 Å². The average Bonchev–Trinajstić information content (AvgIpc) is 2.27. The highest BCUT2D eigenvalue weighted by molar-refractivity contribution is 5.29. The molecule has 0 aliphatic rings. The lowest BCUT2D eigenvalue weighted by atomic mass is 10.1. The lowest BCUT2D eigenvalue weighted by Crippen LogP contribution is -2.16. The SMILES string of the molecule is C#CCOc1ccc(C(C)NOC)cc1. The average molecular weight is 205 g/mol. The van der Waals surface area contributed by atoms with Gasteiger partial charge in [-0.05, 0) is 24.6 Å². The van der Waals surface area contributed by atoms with Crippen LogP contribution >= 0.6 is 0 Å². The van der Waals surface area contributed by atoms with Gasteiger partial charge in [0.05, 0.1) is 13.2 Å². The number of hydroxylamine groups is 1. The lowest BCUT2D eigenvalue weighted by Gasteiger charge is -2.12. The van der Waals surface area contributed by atoms with Crippen molar-refractivity contribution in [1.82, 2.24) is 5.48 Å². The fourth-order valence-corrected chi connectivity index (χ4v) is 1.22. The third-order valence-electron chi connectivity index (χ3n) is 2.00. The van der Waals surface area contributed by atoms with Gasteiger partial charge in [0.25, 0.3) is 0 Å². The summed E-state index contributed by atoms with van der Waals surface area (Å²) in [5.74, 6) is 3.20. The molecule has 3 heteroatoms. The van der Waals surface area contributed by atoms with Gasteiger partial charge in [0.1, 0.15) is 12.4 Å². The van der Waals surface area contributed by atoms with E-state index in [2.05, 4.69) is 11.4 Å². The topological polar surface area (TPSA) is 30.5 Å². The molecule has 1 atom stereocenters. The summed E-state index contributed by atoms with van der Waals surface area (Å²) in [6.07, 6.45) is 5.09. The number of hydrogen-bond acceptors (Lipinski definition) is 3. The molecule has 0 saturated heterocycles. The molecule has 0 radical (unpaired) electrons. The largest absolute Gasteiger partial charge is 0.481 e. The van der Waals surface area contributed by atoms with Crippen LogP contribution in [-0.4, -0.2) is 13.7 Å². The molecule has 0 fully saturated rings. The standard InChI is InChI=1S/C12H15NO2/c1-4-9-15-12-7-5-11(6-8-12)10(2)13-14-3/h1,5-8,10,13H,9H2,2-3H3. The van der Waals surface area contributed by atoms with Crippen molar-refractivity contribution in [2.45, 2.75) is 13.0 Å². The zero-order valence-corrected chi connectivity index (χ0v) is 8.99. The molecule has 0 aliphatic heterocycles. The maximum atomic E-state index is 5.26. The van der Waals surface area contributed by atoms with Crippen LogP contribution in [0.2, 0.25) is 0 Å². The van der Waals surface area contributed by atoms with E-state index in [9.17, 15) is 0 Å². The molecule has 0 bridgehead atoms. The van der Waals surface area contributed by atoms with E-state index >= 15 is 0 Å². The van der Waals surface area contributed by atoms with Crippen molar-refractivity contribution in [2.75, 3.05) is 13.7 Å². The summed E-state index contributed by atoms with van der Waals surface area (Å²) in [5.41, 5.74) is 3.98. The zero-order valence-electron chi connectivity index (χ0n) is 8.99. The lowest BCUT2D eigenvalue weighted by molar-refractivity contribution is 0.0658. The van der Waals surface area contributed by atoms with E-state index in [1.165, 1.54) is 0 Å².